The molecule has 2 rings (SSSR count). The molecule has 0 spiro atoms. The van der Waals surface area contributed by atoms with Gasteiger partial charge in [-0.3, -0.25) is 9.59 Å². The van der Waals surface area contributed by atoms with Gasteiger partial charge >= 0.3 is 0 Å². The molecular formula is C22H27FN2O2. The van der Waals surface area contributed by atoms with Crippen LogP contribution in [0.15, 0.2) is 42.5 Å². The molecule has 144 valence electrons. The Balaban J connectivity index is 2.04. The van der Waals surface area contributed by atoms with Crippen molar-refractivity contribution in [2.45, 2.75) is 46.6 Å². The molecule has 0 atom stereocenters. The first-order valence-electron chi connectivity index (χ1n) is 9.18. The zero-order valence-electron chi connectivity index (χ0n) is 16.4. The van der Waals surface area contributed by atoms with Crippen molar-refractivity contribution in [1.29, 1.82) is 0 Å². The summed E-state index contributed by atoms with van der Waals surface area (Å²) in [6.07, 6.45) is 0.201. The molecule has 0 heterocycles. The van der Waals surface area contributed by atoms with Gasteiger partial charge in [0.2, 0.25) is 11.8 Å². The first-order chi connectivity index (χ1) is 12.8. The molecule has 0 aliphatic rings. The number of hydrogen-bond donors (Lipinski definition) is 1. The Morgan fingerprint density at radius 2 is 1.78 bits per heavy atom. The minimum atomic E-state index is -0.304. The number of rotatable bonds is 7. The van der Waals surface area contributed by atoms with Crippen LogP contribution in [0.1, 0.15) is 49.8 Å². The van der Waals surface area contributed by atoms with Crippen molar-refractivity contribution in [1.82, 2.24) is 5.32 Å². The van der Waals surface area contributed by atoms with E-state index >= 15 is 0 Å². The number of aryl methyl sites for hydroxylation is 1. The summed E-state index contributed by atoms with van der Waals surface area (Å²) in [6, 6.07) is 12.0. The van der Waals surface area contributed by atoms with Crippen LogP contribution >= 0.6 is 0 Å². The van der Waals surface area contributed by atoms with Gasteiger partial charge < -0.3 is 10.2 Å². The summed E-state index contributed by atoms with van der Waals surface area (Å²) in [5, 5.41) is 2.82. The standard InChI is InChI=1S/C22H27FN2O2/c1-15(2)20-7-5-6-16(3)22(20)25(17(4)26)13-12-21(27)24-14-18-8-10-19(23)11-9-18/h5-11,15H,12-14H2,1-4H3,(H,24,27). The van der Waals surface area contributed by atoms with Gasteiger partial charge in [-0.25, -0.2) is 4.39 Å². The molecule has 2 aromatic rings. The van der Waals surface area contributed by atoms with Crippen LogP contribution in [0.4, 0.5) is 10.1 Å². The predicted molar refractivity (Wildman–Crippen MR) is 106 cm³/mol. The predicted octanol–water partition coefficient (Wildman–Crippen LogP) is 4.32. The van der Waals surface area contributed by atoms with Gasteiger partial charge in [0.15, 0.2) is 0 Å². The highest BCUT2D eigenvalue weighted by Gasteiger charge is 2.20. The molecule has 2 aromatic carbocycles. The van der Waals surface area contributed by atoms with Crippen LogP contribution in [-0.2, 0) is 16.1 Å². The van der Waals surface area contributed by atoms with E-state index in [0.717, 1.165) is 22.4 Å². The monoisotopic (exact) mass is 370 g/mol. The highest BCUT2D eigenvalue weighted by molar-refractivity contribution is 5.94. The van der Waals surface area contributed by atoms with Gasteiger partial charge in [-0.15, -0.1) is 0 Å². The topological polar surface area (TPSA) is 49.4 Å². The molecule has 0 fully saturated rings. The molecule has 2 amide bonds. The van der Waals surface area contributed by atoms with Gasteiger partial charge in [0, 0.05) is 32.1 Å². The molecule has 5 heteroatoms. The maximum absolute atomic E-state index is 12.9. The Labute approximate surface area is 160 Å². The minimum absolute atomic E-state index is 0.0856. The summed E-state index contributed by atoms with van der Waals surface area (Å²) in [5.74, 6) is -0.266. The van der Waals surface area contributed by atoms with Crippen molar-refractivity contribution >= 4 is 17.5 Å². The normalized spacial score (nSPS) is 10.7. The number of carbonyl (C=O) groups excluding carboxylic acids is 2. The number of halogens is 1. The van der Waals surface area contributed by atoms with E-state index in [0.29, 0.717) is 13.1 Å². The lowest BCUT2D eigenvalue weighted by molar-refractivity contribution is -0.121. The molecule has 0 bridgehead atoms. The second-order valence-electron chi connectivity index (χ2n) is 6.99. The van der Waals surface area contributed by atoms with E-state index in [9.17, 15) is 14.0 Å². The fraction of sp³-hybridized carbons (Fsp3) is 0.364. The van der Waals surface area contributed by atoms with Gasteiger partial charge in [-0.05, 0) is 41.7 Å². The number of benzene rings is 2. The first-order valence-corrected chi connectivity index (χ1v) is 9.18. The molecule has 0 saturated heterocycles. The number of nitrogens with zero attached hydrogens (tertiary/aromatic N) is 1. The highest BCUT2D eigenvalue weighted by Crippen LogP contribution is 2.31. The number of amides is 2. The lowest BCUT2D eigenvalue weighted by Crippen LogP contribution is -2.35. The molecule has 4 nitrogen and oxygen atoms in total. The smallest absolute Gasteiger partial charge is 0.223 e. The van der Waals surface area contributed by atoms with Crippen molar-refractivity contribution in [3.8, 4) is 0 Å². The van der Waals surface area contributed by atoms with Crippen LogP contribution in [0.5, 0.6) is 0 Å². The largest absolute Gasteiger partial charge is 0.352 e. The summed E-state index contributed by atoms with van der Waals surface area (Å²) in [4.78, 5) is 26.2. The van der Waals surface area contributed by atoms with Crippen molar-refractivity contribution in [3.63, 3.8) is 0 Å². The van der Waals surface area contributed by atoms with Crippen molar-refractivity contribution in [2.24, 2.45) is 0 Å². The minimum Gasteiger partial charge on any atom is -0.352 e. The van der Waals surface area contributed by atoms with Crippen LogP contribution in [0.25, 0.3) is 0 Å². The zero-order chi connectivity index (χ0) is 20.0. The summed E-state index contributed by atoms with van der Waals surface area (Å²) in [5.41, 5.74) is 3.83. The number of nitrogens with one attached hydrogen (secondary N) is 1. The van der Waals surface area contributed by atoms with E-state index in [-0.39, 0.29) is 30.0 Å². The van der Waals surface area contributed by atoms with E-state index in [1.54, 1.807) is 17.0 Å². The Morgan fingerprint density at radius 1 is 1.11 bits per heavy atom. The van der Waals surface area contributed by atoms with Gasteiger partial charge in [-0.2, -0.15) is 0 Å². The number of carbonyl (C=O) groups is 2. The van der Waals surface area contributed by atoms with Crippen LogP contribution < -0.4 is 10.2 Å². The third-order valence-electron chi connectivity index (χ3n) is 4.51. The average molecular weight is 370 g/mol. The van der Waals surface area contributed by atoms with Crippen LogP contribution in [0, 0.1) is 12.7 Å². The quantitative estimate of drug-likeness (QED) is 0.789. The van der Waals surface area contributed by atoms with Crippen LogP contribution in [-0.4, -0.2) is 18.4 Å². The molecule has 0 saturated carbocycles. The SMILES string of the molecule is CC(=O)N(CCC(=O)NCc1ccc(F)cc1)c1c(C)cccc1C(C)C. The second kappa shape index (κ2) is 9.31. The van der Waals surface area contributed by atoms with Crippen LogP contribution in [0.2, 0.25) is 0 Å². The average Bonchev–Trinajstić information content (AvgIpc) is 2.62. The summed E-state index contributed by atoms with van der Waals surface area (Å²) >= 11 is 0. The number of anilines is 1. The highest BCUT2D eigenvalue weighted by atomic mass is 19.1. The fourth-order valence-electron chi connectivity index (χ4n) is 3.05. The van der Waals surface area contributed by atoms with Gasteiger partial charge in [0.05, 0.1) is 0 Å². The molecule has 0 aliphatic heterocycles. The van der Waals surface area contributed by atoms with Crippen molar-refractivity contribution in [3.05, 3.63) is 65.0 Å². The fourth-order valence-corrected chi connectivity index (χ4v) is 3.05. The van der Waals surface area contributed by atoms with E-state index in [4.69, 9.17) is 0 Å². The Morgan fingerprint density at radius 3 is 2.37 bits per heavy atom. The number of hydrogen-bond acceptors (Lipinski definition) is 2. The zero-order valence-corrected chi connectivity index (χ0v) is 16.4. The molecular weight excluding hydrogens is 343 g/mol. The molecule has 0 radical (unpaired) electrons. The molecule has 0 aliphatic carbocycles. The summed E-state index contributed by atoms with van der Waals surface area (Å²) < 4.78 is 12.9. The van der Waals surface area contributed by atoms with Crippen LogP contribution in [0.3, 0.4) is 0 Å². The van der Waals surface area contributed by atoms with Gasteiger partial charge in [0.1, 0.15) is 5.82 Å². The number of para-hydroxylation sites is 1. The Kier molecular flexibility index (Phi) is 7.11. The van der Waals surface area contributed by atoms with E-state index in [1.165, 1.54) is 19.1 Å². The van der Waals surface area contributed by atoms with Crippen molar-refractivity contribution < 1.29 is 14.0 Å². The van der Waals surface area contributed by atoms with Crippen molar-refractivity contribution in [2.75, 3.05) is 11.4 Å². The maximum Gasteiger partial charge on any atom is 0.223 e. The van der Waals surface area contributed by atoms with E-state index in [2.05, 4.69) is 19.2 Å². The third kappa shape index (κ3) is 5.64. The Bertz CT molecular complexity index is 800. The van der Waals surface area contributed by atoms with E-state index in [1.807, 2.05) is 25.1 Å². The third-order valence-corrected chi connectivity index (χ3v) is 4.51. The molecule has 27 heavy (non-hydrogen) atoms. The maximum atomic E-state index is 12.9. The Hall–Kier alpha value is -2.69. The lowest BCUT2D eigenvalue weighted by Gasteiger charge is -2.27. The summed E-state index contributed by atoms with van der Waals surface area (Å²) in [6.45, 7) is 8.33. The molecule has 1 N–H and O–H groups in total. The molecule has 0 unspecified atom stereocenters. The first kappa shape index (κ1) is 20.6. The van der Waals surface area contributed by atoms with Gasteiger partial charge in [-0.1, -0.05) is 44.2 Å². The lowest BCUT2D eigenvalue weighted by atomic mass is 9.97. The van der Waals surface area contributed by atoms with E-state index < -0.39 is 0 Å². The van der Waals surface area contributed by atoms with Gasteiger partial charge in [0.25, 0.3) is 0 Å². The second-order valence-corrected chi connectivity index (χ2v) is 6.99. The summed E-state index contributed by atoms with van der Waals surface area (Å²) in [7, 11) is 0. The molecule has 0 aromatic heterocycles.